The summed E-state index contributed by atoms with van der Waals surface area (Å²) in [5.74, 6) is -0.0818. The molecule has 0 aromatic heterocycles. The highest BCUT2D eigenvalue weighted by atomic mass is 79.9. The second kappa shape index (κ2) is 6.96. The van der Waals surface area contributed by atoms with E-state index in [4.69, 9.17) is 0 Å². The van der Waals surface area contributed by atoms with Crippen LogP contribution in [-0.4, -0.2) is 24.0 Å². The summed E-state index contributed by atoms with van der Waals surface area (Å²) in [6.07, 6.45) is 2.15. The first-order valence-electron chi connectivity index (χ1n) is 4.80. The minimum atomic E-state index is -2.88. The number of alkyl halides is 3. The van der Waals surface area contributed by atoms with Gasteiger partial charge in [0.15, 0.2) is 5.78 Å². The molecule has 0 spiro atoms. The van der Waals surface area contributed by atoms with Crippen LogP contribution in [0.2, 0.25) is 0 Å². The summed E-state index contributed by atoms with van der Waals surface area (Å²) in [5.41, 5.74) is 0.426. The average molecular weight is 325 g/mol. The molecular formula is C11H11BrF2O2S. The number of hydrogen-bond donors (Lipinski definition) is 0. The number of carbonyl (C=O) groups excluding carboxylic acids is 1. The maximum Gasteiger partial charge on any atom is 0.387 e. The monoisotopic (exact) mass is 324 g/mol. The average Bonchev–Trinajstić information content (AvgIpc) is 2.28. The van der Waals surface area contributed by atoms with Crippen LogP contribution >= 0.6 is 27.7 Å². The third kappa shape index (κ3) is 4.27. The number of carbonyl (C=O) groups is 1. The van der Waals surface area contributed by atoms with Crippen molar-refractivity contribution in [3.05, 3.63) is 23.8 Å². The normalized spacial score (nSPS) is 10.6. The Balaban J connectivity index is 3.01. The number of halogens is 3. The molecule has 0 heterocycles. The summed E-state index contributed by atoms with van der Waals surface area (Å²) in [5, 5.41) is 0.541. The summed E-state index contributed by atoms with van der Waals surface area (Å²) in [6.45, 7) is -2.88. The zero-order chi connectivity index (χ0) is 12.8. The second-order valence-electron chi connectivity index (χ2n) is 3.10. The third-order valence-corrected chi connectivity index (χ3v) is 3.21. The van der Waals surface area contributed by atoms with Gasteiger partial charge >= 0.3 is 6.61 Å². The molecule has 0 saturated carbocycles. The standard InChI is InChI=1S/C11H11BrF2O2S/c1-17-10-3-2-7(16-11(13)14)6-8(10)9(15)4-5-12/h2-3,6,11H,4-5H2,1H3. The number of benzene rings is 1. The van der Waals surface area contributed by atoms with Gasteiger partial charge in [0, 0.05) is 22.2 Å². The van der Waals surface area contributed by atoms with Gasteiger partial charge in [-0.3, -0.25) is 4.79 Å². The number of hydrogen-bond acceptors (Lipinski definition) is 3. The van der Waals surface area contributed by atoms with Crippen molar-refractivity contribution in [3.8, 4) is 5.75 Å². The van der Waals surface area contributed by atoms with Gasteiger partial charge in [-0.05, 0) is 24.5 Å². The van der Waals surface area contributed by atoms with Crippen molar-refractivity contribution in [3.63, 3.8) is 0 Å². The molecule has 0 amide bonds. The van der Waals surface area contributed by atoms with Gasteiger partial charge in [0.25, 0.3) is 0 Å². The molecule has 0 aliphatic carbocycles. The minimum Gasteiger partial charge on any atom is -0.435 e. The number of rotatable bonds is 6. The van der Waals surface area contributed by atoms with Crippen molar-refractivity contribution in [1.82, 2.24) is 0 Å². The number of thioether (sulfide) groups is 1. The molecular weight excluding hydrogens is 314 g/mol. The Bertz CT molecular complexity index is 399. The lowest BCUT2D eigenvalue weighted by atomic mass is 10.1. The minimum absolute atomic E-state index is 0.00993. The van der Waals surface area contributed by atoms with Crippen LogP contribution in [0.5, 0.6) is 5.75 Å². The predicted molar refractivity (Wildman–Crippen MR) is 67.6 cm³/mol. The molecule has 0 aliphatic heterocycles. The predicted octanol–water partition coefficient (Wildman–Crippen LogP) is 3.98. The molecule has 2 nitrogen and oxygen atoms in total. The van der Waals surface area contributed by atoms with Crippen LogP contribution in [0.4, 0.5) is 8.78 Å². The van der Waals surface area contributed by atoms with Crippen molar-refractivity contribution in [2.45, 2.75) is 17.9 Å². The van der Waals surface area contributed by atoms with Gasteiger partial charge < -0.3 is 4.74 Å². The molecule has 0 bridgehead atoms. The topological polar surface area (TPSA) is 26.3 Å². The lowest BCUT2D eigenvalue weighted by molar-refractivity contribution is -0.0499. The summed E-state index contributed by atoms with van der Waals surface area (Å²) < 4.78 is 28.4. The molecule has 0 atom stereocenters. The maximum atomic E-state index is 12.1. The highest BCUT2D eigenvalue weighted by Gasteiger charge is 2.13. The van der Waals surface area contributed by atoms with E-state index >= 15 is 0 Å². The van der Waals surface area contributed by atoms with Crippen molar-refractivity contribution >= 4 is 33.5 Å². The molecule has 0 aliphatic rings. The van der Waals surface area contributed by atoms with Crippen LogP contribution in [0.3, 0.4) is 0 Å². The summed E-state index contributed by atoms with van der Waals surface area (Å²) in [7, 11) is 0. The van der Waals surface area contributed by atoms with Crippen LogP contribution in [0.25, 0.3) is 0 Å². The van der Waals surface area contributed by atoms with E-state index < -0.39 is 6.61 Å². The Labute approximate surface area is 111 Å². The van der Waals surface area contributed by atoms with E-state index in [2.05, 4.69) is 20.7 Å². The number of ketones is 1. The largest absolute Gasteiger partial charge is 0.435 e. The Morgan fingerprint density at radius 2 is 2.24 bits per heavy atom. The fraction of sp³-hybridized carbons (Fsp3) is 0.364. The quantitative estimate of drug-likeness (QED) is 0.450. The van der Waals surface area contributed by atoms with Crippen molar-refractivity contribution < 1.29 is 18.3 Å². The first-order valence-corrected chi connectivity index (χ1v) is 7.15. The van der Waals surface area contributed by atoms with Gasteiger partial charge in [-0.25, -0.2) is 0 Å². The van der Waals surface area contributed by atoms with E-state index in [1.165, 1.54) is 23.9 Å². The van der Waals surface area contributed by atoms with Gasteiger partial charge in [-0.1, -0.05) is 15.9 Å². The van der Waals surface area contributed by atoms with E-state index in [0.717, 1.165) is 4.90 Å². The number of ether oxygens (including phenoxy) is 1. The Morgan fingerprint density at radius 1 is 1.53 bits per heavy atom. The first-order chi connectivity index (χ1) is 8.08. The molecule has 0 radical (unpaired) electrons. The Kier molecular flexibility index (Phi) is 5.91. The fourth-order valence-corrected chi connectivity index (χ4v) is 2.26. The smallest absolute Gasteiger partial charge is 0.387 e. The number of Topliss-reactive ketones (excluding diaryl/α,β-unsaturated/α-hetero) is 1. The summed E-state index contributed by atoms with van der Waals surface area (Å²) >= 11 is 4.57. The van der Waals surface area contributed by atoms with Crippen LogP contribution in [-0.2, 0) is 0 Å². The van der Waals surface area contributed by atoms with Crippen LogP contribution in [0.1, 0.15) is 16.8 Å². The molecule has 0 saturated heterocycles. The zero-order valence-electron chi connectivity index (χ0n) is 9.08. The SMILES string of the molecule is CSc1ccc(OC(F)F)cc1C(=O)CCBr. The molecule has 0 unspecified atom stereocenters. The molecule has 1 aromatic carbocycles. The van der Waals surface area contributed by atoms with Crippen molar-refractivity contribution in [2.75, 3.05) is 11.6 Å². The molecule has 0 N–H and O–H groups in total. The lowest BCUT2D eigenvalue weighted by Gasteiger charge is -2.09. The summed E-state index contributed by atoms with van der Waals surface area (Å²) in [4.78, 5) is 12.5. The van der Waals surface area contributed by atoms with E-state index in [-0.39, 0.29) is 11.5 Å². The van der Waals surface area contributed by atoms with Gasteiger partial charge in [-0.2, -0.15) is 8.78 Å². The van der Waals surface area contributed by atoms with Gasteiger partial charge in [0.1, 0.15) is 5.75 Å². The fourth-order valence-electron chi connectivity index (χ4n) is 1.30. The van der Waals surface area contributed by atoms with E-state index in [1.807, 2.05) is 6.26 Å². The molecule has 1 rings (SSSR count). The van der Waals surface area contributed by atoms with Gasteiger partial charge in [0.2, 0.25) is 0 Å². The molecule has 6 heteroatoms. The van der Waals surface area contributed by atoms with Crippen LogP contribution in [0.15, 0.2) is 23.1 Å². The lowest BCUT2D eigenvalue weighted by Crippen LogP contribution is -2.05. The highest BCUT2D eigenvalue weighted by molar-refractivity contribution is 9.09. The molecule has 1 aromatic rings. The maximum absolute atomic E-state index is 12.1. The second-order valence-corrected chi connectivity index (χ2v) is 4.74. The highest BCUT2D eigenvalue weighted by Crippen LogP contribution is 2.27. The van der Waals surface area contributed by atoms with E-state index in [9.17, 15) is 13.6 Å². The van der Waals surface area contributed by atoms with E-state index in [1.54, 1.807) is 6.07 Å². The molecule has 17 heavy (non-hydrogen) atoms. The zero-order valence-corrected chi connectivity index (χ0v) is 11.5. The first kappa shape index (κ1) is 14.4. The molecule has 0 fully saturated rings. The van der Waals surface area contributed by atoms with E-state index in [0.29, 0.717) is 17.3 Å². The summed E-state index contributed by atoms with van der Waals surface area (Å²) in [6, 6.07) is 4.41. The van der Waals surface area contributed by atoms with Crippen LogP contribution < -0.4 is 4.74 Å². The van der Waals surface area contributed by atoms with Gasteiger partial charge in [0.05, 0.1) is 0 Å². The Hall–Kier alpha value is -0.620. The van der Waals surface area contributed by atoms with Crippen molar-refractivity contribution in [1.29, 1.82) is 0 Å². The Morgan fingerprint density at radius 3 is 2.76 bits per heavy atom. The van der Waals surface area contributed by atoms with Gasteiger partial charge in [-0.15, -0.1) is 11.8 Å². The molecule has 94 valence electrons. The van der Waals surface area contributed by atoms with Crippen LogP contribution in [0, 0.1) is 0 Å². The van der Waals surface area contributed by atoms with Crippen molar-refractivity contribution in [2.24, 2.45) is 0 Å². The third-order valence-electron chi connectivity index (χ3n) is 2.02.